The third-order valence-corrected chi connectivity index (χ3v) is 4.03. The molecule has 0 saturated heterocycles. The molecule has 0 amide bonds. The molecule has 25 heavy (non-hydrogen) atoms. The summed E-state index contributed by atoms with van der Waals surface area (Å²) in [4.78, 5) is 11.9. The lowest BCUT2D eigenvalue weighted by Crippen LogP contribution is -2.38. The minimum atomic E-state index is -4.40. The number of hydrogen-bond acceptors (Lipinski definition) is 5. The third-order valence-electron chi connectivity index (χ3n) is 3.12. The number of halogens is 3. The average molecular weight is 373 g/mol. The molecule has 0 aliphatic heterocycles. The molecule has 0 spiro atoms. The lowest BCUT2D eigenvalue weighted by Gasteiger charge is -2.11. The van der Waals surface area contributed by atoms with E-state index in [0.29, 0.717) is 36.4 Å². The number of ether oxygens (including phenoxy) is 1. The molecule has 0 saturated carbocycles. The van der Waals surface area contributed by atoms with Crippen LogP contribution in [0.1, 0.15) is 16.4 Å². The van der Waals surface area contributed by atoms with Gasteiger partial charge in [0.15, 0.2) is 11.7 Å². The summed E-state index contributed by atoms with van der Waals surface area (Å²) >= 11 is 0.995. The molecule has 6 nitrogen and oxygen atoms in total. The van der Waals surface area contributed by atoms with Crippen LogP contribution in [-0.2, 0) is 19.1 Å². The number of nitrogens with zero attached hydrogens (tertiary/aromatic N) is 3. The summed E-state index contributed by atoms with van der Waals surface area (Å²) in [6.45, 7) is 0.850. The lowest BCUT2D eigenvalue weighted by molar-refractivity contribution is -0.140. The predicted octanol–water partition coefficient (Wildman–Crippen LogP) is 2.47. The van der Waals surface area contributed by atoms with Crippen molar-refractivity contribution in [3.63, 3.8) is 0 Å². The third kappa shape index (κ3) is 5.89. The topological polar surface area (TPSA) is 71.4 Å². The number of pyridine rings is 1. The van der Waals surface area contributed by atoms with E-state index in [1.807, 2.05) is 12.1 Å². The second-order valence-corrected chi connectivity index (χ2v) is 5.84. The Kier molecular flexibility index (Phi) is 6.57. The molecule has 2 heterocycles. The van der Waals surface area contributed by atoms with Crippen LogP contribution >= 0.6 is 11.3 Å². The Morgan fingerprint density at radius 1 is 1.28 bits per heavy atom. The SMILES string of the molecule is CN=C(NCCc1nc(C(F)(F)F)cs1)NCc1cccc(OC)n1. The highest BCUT2D eigenvalue weighted by molar-refractivity contribution is 7.09. The van der Waals surface area contributed by atoms with Crippen LogP contribution in [0, 0.1) is 0 Å². The molecule has 0 aliphatic carbocycles. The Morgan fingerprint density at radius 3 is 2.72 bits per heavy atom. The van der Waals surface area contributed by atoms with Crippen LogP contribution in [-0.4, -0.2) is 36.6 Å². The maximum atomic E-state index is 12.5. The first-order chi connectivity index (χ1) is 11.9. The zero-order valence-electron chi connectivity index (χ0n) is 13.7. The summed E-state index contributed by atoms with van der Waals surface area (Å²) in [7, 11) is 3.16. The van der Waals surface area contributed by atoms with Crippen LogP contribution in [0.2, 0.25) is 0 Å². The number of methoxy groups -OCH3 is 1. The molecule has 0 aromatic carbocycles. The Bertz CT molecular complexity index is 717. The van der Waals surface area contributed by atoms with Gasteiger partial charge in [0.05, 0.1) is 24.4 Å². The van der Waals surface area contributed by atoms with Crippen LogP contribution in [0.25, 0.3) is 0 Å². The van der Waals surface area contributed by atoms with Crippen LogP contribution in [0.5, 0.6) is 5.88 Å². The summed E-state index contributed by atoms with van der Waals surface area (Å²) in [6.07, 6.45) is -4.03. The van der Waals surface area contributed by atoms with Gasteiger partial charge < -0.3 is 15.4 Å². The van der Waals surface area contributed by atoms with Crippen LogP contribution in [0.4, 0.5) is 13.2 Å². The van der Waals surface area contributed by atoms with Gasteiger partial charge >= 0.3 is 6.18 Å². The smallest absolute Gasteiger partial charge is 0.434 e. The summed E-state index contributed by atoms with van der Waals surface area (Å²) < 4.78 is 42.6. The van der Waals surface area contributed by atoms with Gasteiger partial charge in [-0.05, 0) is 6.07 Å². The van der Waals surface area contributed by atoms with Gasteiger partial charge in [0.2, 0.25) is 5.88 Å². The molecule has 0 atom stereocenters. The molecule has 0 bridgehead atoms. The van der Waals surface area contributed by atoms with Gasteiger partial charge in [0, 0.05) is 31.5 Å². The lowest BCUT2D eigenvalue weighted by atomic mass is 10.3. The zero-order valence-corrected chi connectivity index (χ0v) is 14.5. The average Bonchev–Trinajstić information content (AvgIpc) is 3.07. The Morgan fingerprint density at radius 2 is 2.08 bits per heavy atom. The van der Waals surface area contributed by atoms with E-state index in [1.165, 1.54) is 0 Å². The summed E-state index contributed by atoms with van der Waals surface area (Å²) in [5.41, 5.74) is -0.0730. The molecule has 0 radical (unpaired) electrons. The normalized spacial score (nSPS) is 12.1. The summed E-state index contributed by atoms with van der Waals surface area (Å²) in [5.74, 6) is 1.05. The number of guanidine groups is 1. The Balaban J connectivity index is 1.79. The van der Waals surface area contributed by atoms with E-state index in [1.54, 1.807) is 20.2 Å². The van der Waals surface area contributed by atoms with Crippen molar-refractivity contribution in [2.75, 3.05) is 20.7 Å². The fourth-order valence-corrected chi connectivity index (χ4v) is 2.71. The quantitative estimate of drug-likeness (QED) is 0.601. The van der Waals surface area contributed by atoms with Crippen molar-refractivity contribution < 1.29 is 17.9 Å². The van der Waals surface area contributed by atoms with Crippen molar-refractivity contribution in [1.82, 2.24) is 20.6 Å². The van der Waals surface area contributed by atoms with E-state index in [2.05, 4.69) is 25.6 Å². The Hall–Kier alpha value is -2.36. The summed E-state index contributed by atoms with van der Waals surface area (Å²) in [6, 6.07) is 5.43. The number of hydrogen-bond donors (Lipinski definition) is 2. The monoisotopic (exact) mass is 373 g/mol. The van der Waals surface area contributed by atoms with Gasteiger partial charge in [-0.2, -0.15) is 13.2 Å². The standard InChI is InChI=1S/C15H18F3N5OS/c1-19-14(21-8-10-4-3-5-12(22-10)24-2)20-7-6-13-23-11(9-25-13)15(16,17)18/h3-5,9H,6-8H2,1-2H3,(H2,19,20,21). The van der Waals surface area contributed by atoms with Gasteiger partial charge in [-0.15, -0.1) is 11.3 Å². The molecule has 0 unspecified atom stereocenters. The minimum absolute atomic E-state index is 0.374. The van der Waals surface area contributed by atoms with Crippen LogP contribution in [0.15, 0.2) is 28.6 Å². The zero-order chi connectivity index (χ0) is 18.3. The number of aliphatic imine (C=N–C) groups is 1. The molecule has 2 rings (SSSR count). The second kappa shape index (κ2) is 8.65. The first-order valence-corrected chi connectivity index (χ1v) is 8.26. The number of rotatable bonds is 6. The highest BCUT2D eigenvalue weighted by atomic mass is 32.1. The molecule has 10 heteroatoms. The number of aromatic nitrogens is 2. The molecule has 2 N–H and O–H groups in total. The van der Waals surface area contributed by atoms with Gasteiger partial charge in [-0.25, -0.2) is 9.97 Å². The molecule has 2 aromatic rings. The number of nitrogens with one attached hydrogen (secondary N) is 2. The predicted molar refractivity (Wildman–Crippen MR) is 89.8 cm³/mol. The van der Waals surface area contributed by atoms with Crippen molar-refractivity contribution in [2.45, 2.75) is 19.1 Å². The molecule has 0 aliphatic rings. The van der Waals surface area contributed by atoms with E-state index in [0.717, 1.165) is 22.4 Å². The van der Waals surface area contributed by atoms with E-state index in [4.69, 9.17) is 4.74 Å². The minimum Gasteiger partial charge on any atom is -0.481 e. The van der Waals surface area contributed by atoms with Gasteiger partial charge in [-0.1, -0.05) is 6.07 Å². The highest BCUT2D eigenvalue weighted by Crippen LogP contribution is 2.29. The molecule has 0 fully saturated rings. The van der Waals surface area contributed by atoms with Crippen molar-refractivity contribution in [1.29, 1.82) is 0 Å². The first-order valence-electron chi connectivity index (χ1n) is 7.38. The van der Waals surface area contributed by atoms with Gasteiger partial charge in [0.1, 0.15) is 0 Å². The fraction of sp³-hybridized carbons (Fsp3) is 0.400. The van der Waals surface area contributed by atoms with Crippen molar-refractivity contribution in [3.8, 4) is 5.88 Å². The molecular weight excluding hydrogens is 355 g/mol. The van der Waals surface area contributed by atoms with Crippen LogP contribution in [0.3, 0.4) is 0 Å². The van der Waals surface area contributed by atoms with Gasteiger partial charge in [-0.3, -0.25) is 4.99 Å². The number of thiazole rings is 1. The first kappa shape index (κ1) is 19.0. The van der Waals surface area contributed by atoms with Gasteiger partial charge in [0.25, 0.3) is 0 Å². The van der Waals surface area contributed by atoms with Crippen LogP contribution < -0.4 is 15.4 Å². The fourth-order valence-electron chi connectivity index (χ4n) is 1.91. The van der Waals surface area contributed by atoms with Crippen molar-refractivity contribution >= 4 is 17.3 Å². The molecule has 136 valence electrons. The molecular formula is C15H18F3N5OS. The van der Waals surface area contributed by atoms with E-state index >= 15 is 0 Å². The van der Waals surface area contributed by atoms with E-state index in [-0.39, 0.29) is 0 Å². The largest absolute Gasteiger partial charge is 0.481 e. The maximum absolute atomic E-state index is 12.5. The second-order valence-electron chi connectivity index (χ2n) is 4.90. The molecule has 2 aromatic heterocycles. The van der Waals surface area contributed by atoms with Crippen molar-refractivity contribution in [2.24, 2.45) is 4.99 Å². The van der Waals surface area contributed by atoms with E-state index in [9.17, 15) is 13.2 Å². The maximum Gasteiger partial charge on any atom is 0.434 e. The highest BCUT2D eigenvalue weighted by Gasteiger charge is 2.33. The van der Waals surface area contributed by atoms with Crippen molar-refractivity contribution in [3.05, 3.63) is 40.0 Å². The van der Waals surface area contributed by atoms with E-state index < -0.39 is 11.9 Å². The number of alkyl halides is 3. The Labute approximate surface area is 147 Å². The summed E-state index contributed by atoms with van der Waals surface area (Å²) in [5, 5.41) is 7.55.